The highest BCUT2D eigenvalue weighted by Gasteiger charge is 2.36. The number of amides is 1. The van der Waals surface area contributed by atoms with Crippen molar-refractivity contribution in [2.75, 3.05) is 50.6 Å². The van der Waals surface area contributed by atoms with Crippen molar-refractivity contribution in [1.82, 2.24) is 19.8 Å². The zero-order valence-corrected chi connectivity index (χ0v) is 24.3. The fraction of sp³-hybridized carbons (Fsp3) is 0.577. The standard InChI is InChI=1S/C26H35Cl2N5O4S/c1-17-24(30-16-31-25(17)29-13-18-4-5-21(27)22(28)12-18)26(34)32-10-7-20(8-11-32)33-9-6-19(15-38(3,35)36)23(14-33)37-2/h4-5,12,16,19-20,23H,6-11,13-15H2,1-3H3,(H,29,30,31)/t19-,23-/m0/s1. The molecule has 0 radical (unpaired) electrons. The lowest BCUT2D eigenvalue weighted by atomic mass is 9.92. The highest BCUT2D eigenvalue weighted by Crippen LogP contribution is 2.28. The van der Waals surface area contributed by atoms with Crippen LogP contribution in [0.1, 0.15) is 40.9 Å². The molecule has 3 heterocycles. The molecule has 0 aliphatic carbocycles. The van der Waals surface area contributed by atoms with E-state index < -0.39 is 9.84 Å². The van der Waals surface area contributed by atoms with Gasteiger partial charge in [-0.05, 0) is 50.4 Å². The molecule has 208 valence electrons. The number of nitrogens with zero attached hydrogens (tertiary/aromatic N) is 4. The van der Waals surface area contributed by atoms with E-state index in [1.807, 2.05) is 17.9 Å². The number of ether oxygens (including phenoxy) is 1. The van der Waals surface area contributed by atoms with Gasteiger partial charge in [0, 0.05) is 57.1 Å². The van der Waals surface area contributed by atoms with E-state index >= 15 is 0 Å². The fourth-order valence-corrected chi connectivity index (χ4v) is 6.91. The molecule has 0 saturated carbocycles. The van der Waals surface area contributed by atoms with Gasteiger partial charge in [0.25, 0.3) is 5.91 Å². The van der Waals surface area contributed by atoms with Crippen LogP contribution in [-0.2, 0) is 21.1 Å². The van der Waals surface area contributed by atoms with Gasteiger partial charge in [-0.15, -0.1) is 0 Å². The molecule has 38 heavy (non-hydrogen) atoms. The first-order chi connectivity index (χ1) is 18.1. The molecule has 2 fully saturated rings. The van der Waals surface area contributed by atoms with Crippen LogP contribution < -0.4 is 5.32 Å². The van der Waals surface area contributed by atoms with Gasteiger partial charge in [0.2, 0.25) is 0 Å². The first-order valence-electron chi connectivity index (χ1n) is 12.8. The molecule has 9 nitrogen and oxygen atoms in total. The number of anilines is 1. The van der Waals surface area contributed by atoms with Gasteiger partial charge < -0.3 is 15.0 Å². The molecule has 1 amide bonds. The highest BCUT2D eigenvalue weighted by atomic mass is 35.5. The largest absolute Gasteiger partial charge is 0.380 e. The monoisotopic (exact) mass is 583 g/mol. The lowest BCUT2D eigenvalue weighted by Crippen LogP contribution is -2.53. The van der Waals surface area contributed by atoms with E-state index in [0.717, 1.165) is 31.4 Å². The van der Waals surface area contributed by atoms with Crippen molar-refractivity contribution in [2.45, 2.75) is 44.9 Å². The van der Waals surface area contributed by atoms with E-state index in [0.29, 0.717) is 59.3 Å². The number of hydrogen-bond donors (Lipinski definition) is 1. The van der Waals surface area contributed by atoms with Gasteiger partial charge >= 0.3 is 0 Å². The summed E-state index contributed by atoms with van der Waals surface area (Å²) in [5, 5.41) is 4.26. The van der Waals surface area contributed by atoms with Gasteiger partial charge in [0.1, 0.15) is 27.7 Å². The summed E-state index contributed by atoms with van der Waals surface area (Å²) in [6, 6.07) is 5.77. The Balaban J connectivity index is 1.33. The first-order valence-corrected chi connectivity index (χ1v) is 15.6. The van der Waals surface area contributed by atoms with Crippen LogP contribution in [0.5, 0.6) is 0 Å². The molecule has 2 aromatic rings. The molecule has 2 aliphatic heterocycles. The van der Waals surface area contributed by atoms with Gasteiger partial charge in [-0.3, -0.25) is 9.69 Å². The minimum absolute atomic E-state index is 0.0214. The molecule has 4 rings (SSSR count). The SMILES string of the molecule is CO[C@H]1CN(C2CCN(C(=O)c3ncnc(NCc4ccc(Cl)c(Cl)c4)c3C)CC2)CC[C@H]1CS(C)(=O)=O. The Kier molecular flexibility index (Phi) is 9.52. The van der Waals surface area contributed by atoms with E-state index in [2.05, 4.69) is 20.2 Å². The topological polar surface area (TPSA) is 105 Å². The number of carbonyl (C=O) groups excluding carboxylic acids is 1. The van der Waals surface area contributed by atoms with E-state index in [4.69, 9.17) is 27.9 Å². The minimum Gasteiger partial charge on any atom is -0.380 e. The van der Waals surface area contributed by atoms with Crippen molar-refractivity contribution in [3.05, 3.63) is 51.4 Å². The van der Waals surface area contributed by atoms with Crippen LogP contribution in [-0.4, -0.2) is 91.5 Å². The summed E-state index contributed by atoms with van der Waals surface area (Å²) in [6.07, 6.45) is 5.10. The van der Waals surface area contributed by atoms with Crippen LogP contribution in [0.15, 0.2) is 24.5 Å². The number of methoxy groups -OCH3 is 1. The van der Waals surface area contributed by atoms with Crippen molar-refractivity contribution in [1.29, 1.82) is 0 Å². The van der Waals surface area contributed by atoms with Crippen LogP contribution in [0, 0.1) is 12.8 Å². The van der Waals surface area contributed by atoms with Crippen molar-refractivity contribution >= 4 is 44.8 Å². The van der Waals surface area contributed by atoms with Gasteiger partial charge in [0.15, 0.2) is 0 Å². The van der Waals surface area contributed by atoms with Gasteiger partial charge in [-0.25, -0.2) is 18.4 Å². The number of likely N-dealkylation sites (tertiary alicyclic amines) is 2. The van der Waals surface area contributed by atoms with E-state index in [1.165, 1.54) is 12.6 Å². The predicted molar refractivity (Wildman–Crippen MR) is 150 cm³/mol. The maximum Gasteiger partial charge on any atom is 0.272 e. The second-order valence-electron chi connectivity index (χ2n) is 10.2. The summed E-state index contributed by atoms with van der Waals surface area (Å²) in [6.45, 7) is 5.17. The Morgan fingerprint density at radius 1 is 1.13 bits per heavy atom. The van der Waals surface area contributed by atoms with Crippen LogP contribution in [0.2, 0.25) is 10.0 Å². The van der Waals surface area contributed by atoms with E-state index in [1.54, 1.807) is 19.2 Å². The van der Waals surface area contributed by atoms with Crippen LogP contribution in [0.25, 0.3) is 0 Å². The Labute approximate surface area is 234 Å². The second-order valence-corrected chi connectivity index (χ2v) is 13.2. The highest BCUT2D eigenvalue weighted by molar-refractivity contribution is 7.90. The lowest BCUT2D eigenvalue weighted by molar-refractivity contribution is -0.0265. The number of hydrogen-bond acceptors (Lipinski definition) is 8. The maximum atomic E-state index is 13.4. The Morgan fingerprint density at radius 3 is 2.53 bits per heavy atom. The molecule has 2 aliphatic rings. The Hall–Kier alpha value is -1.98. The average Bonchev–Trinajstić information content (AvgIpc) is 2.89. The van der Waals surface area contributed by atoms with Gasteiger partial charge in [-0.2, -0.15) is 0 Å². The number of halogens is 2. The minimum atomic E-state index is -3.05. The number of piperidine rings is 2. The number of carbonyl (C=O) groups is 1. The molecular weight excluding hydrogens is 549 g/mol. The number of rotatable bonds is 8. The third-order valence-electron chi connectivity index (χ3n) is 7.55. The van der Waals surface area contributed by atoms with Crippen molar-refractivity contribution < 1.29 is 17.9 Å². The van der Waals surface area contributed by atoms with E-state index in [-0.39, 0.29) is 23.7 Å². The lowest BCUT2D eigenvalue weighted by Gasteiger charge is -2.44. The molecule has 0 bridgehead atoms. The first kappa shape index (κ1) is 29.0. The summed E-state index contributed by atoms with van der Waals surface area (Å²) in [4.78, 5) is 26.3. The second kappa shape index (κ2) is 12.5. The van der Waals surface area contributed by atoms with Gasteiger partial charge in [-0.1, -0.05) is 29.3 Å². The van der Waals surface area contributed by atoms with Crippen molar-refractivity contribution in [2.24, 2.45) is 5.92 Å². The summed E-state index contributed by atoms with van der Waals surface area (Å²) in [7, 11) is -1.39. The molecule has 1 aromatic heterocycles. The number of nitrogens with one attached hydrogen (secondary N) is 1. The normalized spacial score (nSPS) is 21.4. The maximum absolute atomic E-state index is 13.4. The molecule has 2 atom stereocenters. The Bertz CT molecular complexity index is 1250. The fourth-order valence-electron chi connectivity index (χ4n) is 5.43. The van der Waals surface area contributed by atoms with Crippen LogP contribution >= 0.6 is 23.2 Å². The molecular formula is C26H35Cl2N5O4S. The molecule has 1 N–H and O–H groups in total. The quantitative estimate of drug-likeness (QED) is 0.501. The zero-order valence-electron chi connectivity index (χ0n) is 22.0. The van der Waals surface area contributed by atoms with Gasteiger partial charge in [0.05, 0.1) is 21.9 Å². The summed E-state index contributed by atoms with van der Waals surface area (Å²) < 4.78 is 29.3. The average molecular weight is 585 g/mol. The van der Waals surface area contributed by atoms with E-state index in [9.17, 15) is 13.2 Å². The summed E-state index contributed by atoms with van der Waals surface area (Å²) in [5.41, 5.74) is 2.05. The smallest absolute Gasteiger partial charge is 0.272 e. The molecule has 1 aromatic carbocycles. The zero-order chi connectivity index (χ0) is 27.4. The third kappa shape index (κ3) is 7.15. The molecule has 12 heteroatoms. The Morgan fingerprint density at radius 2 is 1.87 bits per heavy atom. The van der Waals surface area contributed by atoms with Crippen LogP contribution in [0.4, 0.5) is 5.82 Å². The van der Waals surface area contributed by atoms with Crippen molar-refractivity contribution in [3.8, 4) is 0 Å². The number of sulfone groups is 1. The third-order valence-corrected chi connectivity index (χ3v) is 9.32. The summed E-state index contributed by atoms with van der Waals surface area (Å²) in [5.74, 6) is 0.692. The molecule has 0 unspecified atom stereocenters. The number of benzene rings is 1. The molecule has 2 saturated heterocycles. The van der Waals surface area contributed by atoms with Crippen molar-refractivity contribution in [3.63, 3.8) is 0 Å². The number of aromatic nitrogens is 2. The van der Waals surface area contributed by atoms with Crippen LogP contribution in [0.3, 0.4) is 0 Å². The molecule has 0 spiro atoms. The predicted octanol–water partition coefficient (Wildman–Crippen LogP) is 3.69. The summed E-state index contributed by atoms with van der Waals surface area (Å²) >= 11 is 12.1.